The summed E-state index contributed by atoms with van der Waals surface area (Å²) in [6, 6.07) is 7.83. The summed E-state index contributed by atoms with van der Waals surface area (Å²) in [5.74, 6) is 0. The van der Waals surface area contributed by atoms with Gasteiger partial charge in [-0.3, -0.25) is 0 Å². The van der Waals surface area contributed by atoms with Gasteiger partial charge in [0.15, 0.2) is 0 Å². The Balaban J connectivity index is 2.57. The number of hydrogen-bond donors (Lipinski definition) is 0. The van der Waals surface area contributed by atoms with Crippen LogP contribution in [0.15, 0.2) is 24.3 Å². The van der Waals surface area contributed by atoms with Crippen LogP contribution in [0.4, 0.5) is 11.4 Å². The van der Waals surface area contributed by atoms with Crippen molar-refractivity contribution in [3.05, 3.63) is 34.3 Å². The van der Waals surface area contributed by atoms with E-state index in [2.05, 4.69) is 9.48 Å². The highest BCUT2D eigenvalue weighted by molar-refractivity contribution is 6.43. The molecular formula is C13H11Cl2N2+. The van der Waals surface area contributed by atoms with Crippen molar-refractivity contribution in [1.29, 1.82) is 0 Å². The number of nitrogens with zero attached hydrogens (tertiary/aromatic N) is 2. The van der Waals surface area contributed by atoms with E-state index in [0.717, 1.165) is 22.1 Å². The van der Waals surface area contributed by atoms with E-state index in [1.54, 1.807) is 0 Å². The lowest BCUT2D eigenvalue weighted by atomic mass is 10.0. The number of anilines is 1. The van der Waals surface area contributed by atoms with Gasteiger partial charge in [0, 0.05) is 5.39 Å². The van der Waals surface area contributed by atoms with Crippen LogP contribution >= 0.6 is 23.2 Å². The van der Waals surface area contributed by atoms with Crippen LogP contribution in [0.3, 0.4) is 0 Å². The Labute approximate surface area is 110 Å². The first-order valence-corrected chi connectivity index (χ1v) is 6.06. The van der Waals surface area contributed by atoms with Gasteiger partial charge in [0.05, 0.1) is 29.5 Å². The second kappa shape index (κ2) is 3.62. The van der Waals surface area contributed by atoms with Gasteiger partial charge < -0.3 is 0 Å². The van der Waals surface area contributed by atoms with Crippen molar-refractivity contribution in [3.8, 4) is 0 Å². The van der Waals surface area contributed by atoms with E-state index in [0.29, 0.717) is 10.0 Å². The highest BCUT2D eigenvalue weighted by Crippen LogP contribution is 2.42. The van der Waals surface area contributed by atoms with Gasteiger partial charge in [-0.1, -0.05) is 23.2 Å². The van der Waals surface area contributed by atoms with Crippen molar-refractivity contribution in [2.45, 2.75) is 0 Å². The van der Waals surface area contributed by atoms with Crippen molar-refractivity contribution in [2.24, 2.45) is 0 Å². The van der Waals surface area contributed by atoms with Gasteiger partial charge in [-0.25, -0.2) is 9.48 Å². The molecule has 2 nitrogen and oxygen atoms in total. The second-order valence-electron chi connectivity index (χ2n) is 4.22. The predicted octanol–water partition coefficient (Wildman–Crippen LogP) is 3.90. The van der Waals surface area contributed by atoms with Crippen molar-refractivity contribution < 1.29 is 4.58 Å². The first kappa shape index (κ1) is 10.9. The summed E-state index contributed by atoms with van der Waals surface area (Å²) in [6.45, 7) is 0. The van der Waals surface area contributed by atoms with Crippen LogP contribution in [0, 0.1) is 0 Å². The fraction of sp³-hybridized carbons (Fsp3) is 0.154. The fourth-order valence-corrected chi connectivity index (χ4v) is 2.92. The Morgan fingerprint density at radius 1 is 1.00 bits per heavy atom. The minimum atomic E-state index is 0.694. The zero-order valence-electron chi connectivity index (χ0n) is 9.54. The lowest BCUT2D eigenvalue weighted by molar-refractivity contribution is -0.399. The molecule has 0 saturated heterocycles. The quantitative estimate of drug-likeness (QED) is 0.655. The third-order valence-corrected chi connectivity index (χ3v) is 3.75. The Morgan fingerprint density at radius 3 is 2.35 bits per heavy atom. The van der Waals surface area contributed by atoms with E-state index in [9.17, 15) is 0 Å². The van der Waals surface area contributed by atoms with E-state index < -0.39 is 0 Å². The van der Waals surface area contributed by atoms with E-state index in [-0.39, 0.29) is 0 Å². The Hall–Kier alpha value is -1.25. The third kappa shape index (κ3) is 1.44. The molecule has 0 fully saturated rings. The van der Waals surface area contributed by atoms with Gasteiger partial charge in [0.25, 0.3) is 0 Å². The smallest absolute Gasteiger partial charge is 0.236 e. The molecule has 1 heterocycles. The van der Waals surface area contributed by atoms with E-state index in [4.69, 9.17) is 23.2 Å². The maximum absolute atomic E-state index is 6.25. The normalized spacial score (nSPS) is 14.1. The molecular weight excluding hydrogens is 255 g/mol. The summed E-state index contributed by atoms with van der Waals surface area (Å²) in [4.78, 5) is 2.07. The highest BCUT2D eigenvalue weighted by atomic mass is 35.5. The molecule has 0 amide bonds. The number of hydrogen-bond acceptors (Lipinski definition) is 1. The van der Waals surface area contributed by atoms with Gasteiger partial charge in [0.1, 0.15) is 11.4 Å². The topological polar surface area (TPSA) is 6.25 Å². The summed E-state index contributed by atoms with van der Waals surface area (Å²) in [6.07, 6.45) is 2.04. The van der Waals surface area contributed by atoms with Crippen LogP contribution in [-0.4, -0.2) is 25.0 Å². The molecule has 2 aromatic carbocycles. The SMILES string of the molecule is CN1C=[N+](C)c2ccc(Cl)c3c(Cl)ccc1c23. The molecule has 2 aromatic rings. The molecule has 1 aliphatic rings. The van der Waals surface area contributed by atoms with E-state index in [1.165, 1.54) is 0 Å². The van der Waals surface area contributed by atoms with Crippen LogP contribution in [0.1, 0.15) is 0 Å². The average Bonchev–Trinajstić information content (AvgIpc) is 2.28. The van der Waals surface area contributed by atoms with Crippen LogP contribution in [-0.2, 0) is 0 Å². The van der Waals surface area contributed by atoms with Gasteiger partial charge >= 0.3 is 0 Å². The van der Waals surface area contributed by atoms with Crippen molar-refractivity contribution >= 4 is 51.7 Å². The zero-order chi connectivity index (χ0) is 12.2. The van der Waals surface area contributed by atoms with Crippen LogP contribution < -0.4 is 4.90 Å². The van der Waals surface area contributed by atoms with E-state index in [1.807, 2.05) is 44.7 Å². The lowest BCUT2D eigenvalue weighted by Crippen LogP contribution is -2.24. The molecule has 0 N–H and O–H groups in total. The standard InChI is InChI=1S/C13H11Cl2N2/c1-16-7-17(2)11-6-4-9(15)12-8(14)3-5-10(16)13(11)12/h3-7H,1-2H3/q+1. The molecule has 4 heteroatoms. The maximum atomic E-state index is 6.25. The molecule has 0 aliphatic carbocycles. The summed E-state index contributed by atoms with van der Waals surface area (Å²) < 4.78 is 2.07. The number of halogens is 2. The largest absolute Gasteiger partial charge is 0.244 e. The number of benzene rings is 2. The third-order valence-electron chi connectivity index (χ3n) is 3.12. The second-order valence-corrected chi connectivity index (χ2v) is 5.03. The summed E-state index contributed by atoms with van der Waals surface area (Å²) in [5, 5.41) is 3.42. The molecule has 17 heavy (non-hydrogen) atoms. The zero-order valence-corrected chi connectivity index (χ0v) is 11.0. The summed E-state index contributed by atoms with van der Waals surface area (Å²) >= 11 is 12.5. The number of rotatable bonds is 0. The molecule has 0 saturated carbocycles. The van der Waals surface area contributed by atoms with Gasteiger partial charge in [-0.05, 0) is 24.3 Å². The Bertz CT molecular complexity index is 654. The van der Waals surface area contributed by atoms with E-state index >= 15 is 0 Å². The molecule has 1 aliphatic heterocycles. The monoisotopic (exact) mass is 265 g/mol. The Morgan fingerprint density at radius 2 is 1.65 bits per heavy atom. The Kier molecular flexibility index (Phi) is 2.32. The minimum Gasteiger partial charge on any atom is -0.236 e. The van der Waals surface area contributed by atoms with Gasteiger partial charge in [-0.2, -0.15) is 0 Å². The van der Waals surface area contributed by atoms with Crippen molar-refractivity contribution in [1.82, 2.24) is 0 Å². The van der Waals surface area contributed by atoms with Crippen LogP contribution in [0.25, 0.3) is 10.8 Å². The summed E-state index contributed by atoms with van der Waals surface area (Å²) in [5.41, 5.74) is 2.25. The predicted molar refractivity (Wildman–Crippen MR) is 74.3 cm³/mol. The average molecular weight is 266 g/mol. The molecule has 86 valence electrons. The first-order chi connectivity index (χ1) is 8.09. The van der Waals surface area contributed by atoms with Gasteiger partial charge in [0.2, 0.25) is 6.34 Å². The first-order valence-electron chi connectivity index (χ1n) is 5.31. The van der Waals surface area contributed by atoms with Crippen molar-refractivity contribution in [3.63, 3.8) is 0 Å². The fourth-order valence-electron chi connectivity index (χ4n) is 2.35. The molecule has 3 rings (SSSR count). The maximum Gasteiger partial charge on any atom is 0.244 e. The summed E-state index contributed by atoms with van der Waals surface area (Å²) in [7, 11) is 4.03. The highest BCUT2D eigenvalue weighted by Gasteiger charge is 2.24. The molecule has 0 unspecified atom stereocenters. The van der Waals surface area contributed by atoms with Crippen molar-refractivity contribution in [2.75, 3.05) is 19.0 Å². The molecule has 0 atom stereocenters. The molecule has 0 bridgehead atoms. The van der Waals surface area contributed by atoms with Crippen LogP contribution in [0.2, 0.25) is 10.0 Å². The lowest BCUT2D eigenvalue weighted by Gasteiger charge is -2.19. The molecule has 0 spiro atoms. The van der Waals surface area contributed by atoms with Gasteiger partial charge in [-0.15, -0.1) is 0 Å². The molecule has 0 radical (unpaired) electrons. The molecule has 0 aromatic heterocycles. The van der Waals surface area contributed by atoms with Crippen LogP contribution in [0.5, 0.6) is 0 Å². The minimum absolute atomic E-state index is 0.694.